The fourth-order valence-electron chi connectivity index (χ4n) is 2.19. The van der Waals surface area contributed by atoms with E-state index in [4.69, 9.17) is 11.5 Å². The van der Waals surface area contributed by atoms with Crippen molar-refractivity contribution >= 4 is 21.8 Å². The molecule has 0 fully saturated rings. The Kier molecular flexibility index (Phi) is 5.35. The molecule has 1 aromatic carbocycles. The summed E-state index contributed by atoms with van der Waals surface area (Å²) in [7, 11) is 0. The summed E-state index contributed by atoms with van der Waals surface area (Å²) >= 11 is 3.51. The van der Waals surface area contributed by atoms with Crippen LogP contribution in [0.15, 0.2) is 16.6 Å². The Bertz CT molecular complexity index is 446. The van der Waals surface area contributed by atoms with Crippen molar-refractivity contribution in [3.05, 3.63) is 33.3 Å². The number of halogens is 1. The lowest BCUT2D eigenvalue weighted by molar-refractivity contribution is -0.118. The van der Waals surface area contributed by atoms with Gasteiger partial charge >= 0.3 is 0 Å². The molecule has 2 unspecified atom stereocenters. The van der Waals surface area contributed by atoms with E-state index in [1.807, 2.05) is 13.8 Å². The minimum absolute atomic E-state index is 0.0499. The highest BCUT2D eigenvalue weighted by Crippen LogP contribution is 2.28. The van der Waals surface area contributed by atoms with Gasteiger partial charge in [-0.25, -0.2) is 0 Å². The van der Waals surface area contributed by atoms with Crippen molar-refractivity contribution in [3.8, 4) is 0 Å². The molecule has 3 nitrogen and oxygen atoms in total. The first kappa shape index (κ1) is 15.2. The summed E-state index contributed by atoms with van der Waals surface area (Å²) < 4.78 is 1.10. The van der Waals surface area contributed by atoms with E-state index >= 15 is 0 Å². The van der Waals surface area contributed by atoms with E-state index in [9.17, 15) is 4.79 Å². The number of aryl methyl sites for hydroxylation is 2. The zero-order valence-corrected chi connectivity index (χ0v) is 12.8. The lowest BCUT2D eigenvalue weighted by Crippen LogP contribution is -2.20. The lowest BCUT2D eigenvalue weighted by Gasteiger charge is -2.19. The number of rotatable bonds is 5. The summed E-state index contributed by atoms with van der Waals surface area (Å²) in [5.74, 6) is -0.0562. The van der Waals surface area contributed by atoms with Crippen molar-refractivity contribution in [2.45, 2.75) is 39.7 Å². The number of carbonyl (C=O) groups excluding carboxylic acids is 1. The van der Waals surface area contributed by atoms with Crippen LogP contribution in [-0.2, 0) is 4.79 Å². The number of benzene rings is 1. The van der Waals surface area contributed by atoms with Gasteiger partial charge in [0.25, 0.3) is 0 Å². The van der Waals surface area contributed by atoms with Gasteiger partial charge in [0.2, 0.25) is 5.91 Å². The van der Waals surface area contributed by atoms with Crippen molar-refractivity contribution in [1.29, 1.82) is 0 Å². The summed E-state index contributed by atoms with van der Waals surface area (Å²) in [6, 6.07) is 4.15. The second-order valence-electron chi connectivity index (χ2n) is 5.08. The Balaban J connectivity index is 2.81. The van der Waals surface area contributed by atoms with Gasteiger partial charge in [-0.1, -0.05) is 28.9 Å². The highest BCUT2D eigenvalue weighted by molar-refractivity contribution is 9.10. The normalized spacial score (nSPS) is 14.3. The predicted octanol–water partition coefficient (Wildman–Crippen LogP) is 2.97. The van der Waals surface area contributed by atoms with E-state index in [0.717, 1.165) is 16.5 Å². The van der Waals surface area contributed by atoms with Gasteiger partial charge in [-0.3, -0.25) is 4.79 Å². The summed E-state index contributed by atoms with van der Waals surface area (Å²) in [4.78, 5) is 10.9. The van der Waals surface area contributed by atoms with E-state index in [1.165, 1.54) is 11.1 Å². The Morgan fingerprint density at radius 2 is 1.94 bits per heavy atom. The van der Waals surface area contributed by atoms with Crippen LogP contribution in [0.2, 0.25) is 0 Å². The second kappa shape index (κ2) is 6.34. The molecule has 1 amide bonds. The van der Waals surface area contributed by atoms with Crippen LogP contribution in [0.4, 0.5) is 0 Å². The number of nitrogens with two attached hydrogens (primary N) is 2. The van der Waals surface area contributed by atoms with Crippen LogP contribution in [-0.4, -0.2) is 5.91 Å². The van der Waals surface area contributed by atoms with Gasteiger partial charge in [-0.05, 0) is 48.9 Å². The molecule has 0 aliphatic carbocycles. The molecular weight excluding hydrogens is 292 g/mol. The first-order valence-electron chi connectivity index (χ1n) is 6.11. The van der Waals surface area contributed by atoms with E-state index in [-0.39, 0.29) is 17.9 Å². The van der Waals surface area contributed by atoms with Gasteiger partial charge in [0.15, 0.2) is 0 Å². The summed E-state index contributed by atoms with van der Waals surface area (Å²) in [5.41, 5.74) is 14.9. The van der Waals surface area contributed by atoms with Gasteiger partial charge in [-0.2, -0.15) is 0 Å². The van der Waals surface area contributed by atoms with Gasteiger partial charge in [0.05, 0.1) is 0 Å². The smallest absolute Gasteiger partial charge is 0.217 e. The summed E-state index contributed by atoms with van der Waals surface area (Å²) in [5, 5.41) is 0. The van der Waals surface area contributed by atoms with Crippen molar-refractivity contribution in [1.82, 2.24) is 0 Å². The van der Waals surface area contributed by atoms with Crippen LogP contribution in [0.3, 0.4) is 0 Å². The number of hydrogen-bond acceptors (Lipinski definition) is 2. The average Bonchev–Trinajstić information content (AvgIpc) is 2.21. The van der Waals surface area contributed by atoms with Crippen LogP contribution in [0.1, 0.15) is 42.5 Å². The number of amides is 1. The topological polar surface area (TPSA) is 69.1 Å². The van der Waals surface area contributed by atoms with Crippen LogP contribution in [0, 0.1) is 19.8 Å². The molecule has 2 atom stereocenters. The maximum atomic E-state index is 10.9. The van der Waals surface area contributed by atoms with Crippen molar-refractivity contribution in [3.63, 3.8) is 0 Å². The largest absolute Gasteiger partial charge is 0.370 e. The van der Waals surface area contributed by atoms with E-state index in [2.05, 4.69) is 35.0 Å². The van der Waals surface area contributed by atoms with Crippen LogP contribution < -0.4 is 11.5 Å². The quantitative estimate of drug-likeness (QED) is 0.877. The van der Waals surface area contributed by atoms with Gasteiger partial charge in [0.1, 0.15) is 0 Å². The molecule has 1 aromatic rings. The van der Waals surface area contributed by atoms with Crippen molar-refractivity contribution < 1.29 is 4.79 Å². The van der Waals surface area contributed by atoms with E-state index < -0.39 is 0 Å². The minimum Gasteiger partial charge on any atom is -0.370 e. The monoisotopic (exact) mass is 312 g/mol. The highest BCUT2D eigenvalue weighted by Gasteiger charge is 2.15. The fraction of sp³-hybridized carbons (Fsp3) is 0.500. The summed E-state index contributed by atoms with van der Waals surface area (Å²) in [6.07, 6.45) is 1.16. The molecule has 18 heavy (non-hydrogen) atoms. The lowest BCUT2D eigenvalue weighted by atomic mass is 9.91. The van der Waals surface area contributed by atoms with Crippen molar-refractivity contribution in [2.24, 2.45) is 17.4 Å². The third-order valence-electron chi connectivity index (χ3n) is 3.15. The Hall–Kier alpha value is -0.870. The molecule has 1 rings (SSSR count). The molecule has 100 valence electrons. The first-order valence-corrected chi connectivity index (χ1v) is 6.91. The second-order valence-corrected chi connectivity index (χ2v) is 5.93. The molecule has 4 heteroatoms. The molecule has 0 aromatic heterocycles. The van der Waals surface area contributed by atoms with Crippen LogP contribution in [0.5, 0.6) is 0 Å². The van der Waals surface area contributed by atoms with E-state index in [1.54, 1.807) is 0 Å². The Labute approximate surface area is 117 Å². The predicted molar refractivity (Wildman–Crippen MR) is 78.1 cm³/mol. The molecule has 4 N–H and O–H groups in total. The van der Waals surface area contributed by atoms with Gasteiger partial charge in [-0.15, -0.1) is 0 Å². The summed E-state index contributed by atoms with van der Waals surface area (Å²) in [6.45, 7) is 6.11. The molecule has 0 radical (unpaired) electrons. The SMILES string of the molecule is Cc1cc(C(N)CC(C)CC(N)=O)c(C)cc1Br. The van der Waals surface area contributed by atoms with E-state index in [0.29, 0.717) is 6.42 Å². The highest BCUT2D eigenvalue weighted by atomic mass is 79.9. The third kappa shape index (κ3) is 4.10. The standard InChI is InChI=1S/C14H21BrN2O/c1-8(5-14(17)18)4-13(16)11-6-10(3)12(15)7-9(11)2/h6-8,13H,4-5,16H2,1-3H3,(H2,17,18). The first-order chi connectivity index (χ1) is 8.31. The maximum absolute atomic E-state index is 10.9. The molecular formula is C14H21BrN2O. The average molecular weight is 313 g/mol. The third-order valence-corrected chi connectivity index (χ3v) is 4.01. The molecule has 0 aliphatic heterocycles. The van der Waals surface area contributed by atoms with Crippen LogP contribution in [0.25, 0.3) is 0 Å². The molecule has 0 aliphatic rings. The van der Waals surface area contributed by atoms with Crippen molar-refractivity contribution in [2.75, 3.05) is 0 Å². The number of hydrogen-bond donors (Lipinski definition) is 2. The number of carbonyl (C=O) groups is 1. The zero-order valence-electron chi connectivity index (χ0n) is 11.2. The zero-order chi connectivity index (χ0) is 13.9. The fourth-order valence-corrected chi connectivity index (χ4v) is 2.65. The van der Waals surface area contributed by atoms with Gasteiger partial charge < -0.3 is 11.5 Å². The molecule has 0 spiro atoms. The minimum atomic E-state index is -0.265. The maximum Gasteiger partial charge on any atom is 0.217 e. The molecule has 0 bridgehead atoms. The molecule has 0 heterocycles. The molecule has 0 saturated carbocycles. The van der Waals surface area contributed by atoms with Crippen LogP contribution >= 0.6 is 15.9 Å². The Morgan fingerprint density at radius 1 is 1.33 bits per heavy atom. The Morgan fingerprint density at radius 3 is 2.50 bits per heavy atom. The van der Waals surface area contributed by atoms with Gasteiger partial charge in [0, 0.05) is 16.9 Å². The molecule has 0 saturated heterocycles. The number of primary amides is 1.